The lowest BCUT2D eigenvalue weighted by Crippen LogP contribution is -2.69. The molecule has 316 valence electrons. The maximum atomic E-state index is 12.4. The molecule has 5 heteroatoms. The molecule has 0 heterocycles. The number of carbonyl (C=O) groups is 1. The molecular weight excluding hydrogens is 765 g/mol. The molecule has 0 radical (unpaired) electrons. The van der Waals surface area contributed by atoms with Crippen LogP contribution in [0.3, 0.4) is 0 Å². The van der Waals surface area contributed by atoms with Gasteiger partial charge in [-0.3, -0.25) is 0 Å². The van der Waals surface area contributed by atoms with Gasteiger partial charge in [0.05, 0.1) is 12.2 Å². The first-order chi connectivity index (χ1) is 28.5. The third kappa shape index (κ3) is 8.01. The Bertz CT molecular complexity index is 2080. The molecule has 0 bridgehead atoms. The van der Waals surface area contributed by atoms with Gasteiger partial charge in [0.2, 0.25) is 0 Å². The topological polar surface area (TPSA) is 35.5 Å². The van der Waals surface area contributed by atoms with Crippen molar-refractivity contribution in [3.05, 3.63) is 157 Å². The maximum absolute atomic E-state index is 12.4. The molecule has 0 spiro atoms. The van der Waals surface area contributed by atoms with Crippen molar-refractivity contribution in [2.45, 2.75) is 130 Å². The molecule has 3 fully saturated rings. The summed E-state index contributed by atoms with van der Waals surface area (Å²) >= 11 is 0. The Kier molecular flexibility index (Phi) is 12.6. The minimum Gasteiger partial charge on any atom is -0.404 e. The molecular formula is C55H70O3Si2. The summed E-state index contributed by atoms with van der Waals surface area (Å²) in [5, 5.41) is 4.78. The molecule has 0 N–H and O–H groups in total. The Morgan fingerprint density at radius 1 is 0.650 bits per heavy atom. The van der Waals surface area contributed by atoms with Crippen molar-refractivity contribution in [2.75, 3.05) is 0 Å². The van der Waals surface area contributed by atoms with Crippen LogP contribution in [0.1, 0.15) is 107 Å². The minimum absolute atomic E-state index is 0.101. The van der Waals surface area contributed by atoms with Gasteiger partial charge in [0.1, 0.15) is 6.29 Å². The highest BCUT2D eigenvalue weighted by molar-refractivity contribution is 7.00. The number of allylic oxidation sites excluding steroid dienone is 3. The minimum atomic E-state index is -2.95. The molecule has 0 unspecified atom stereocenters. The molecule has 3 aliphatic carbocycles. The zero-order chi connectivity index (χ0) is 43.0. The fourth-order valence-corrected chi connectivity index (χ4v) is 21.4. The van der Waals surface area contributed by atoms with Gasteiger partial charge in [-0.05, 0) is 97.7 Å². The summed E-state index contributed by atoms with van der Waals surface area (Å²) in [5.41, 5.74) is 3.65. The number of carbonyl (C=O) groups excluding carboxylic acids is 1. The first-order valence-corrected chi connectivity index (χ1v) is 26.4. The lowest BCUT2D eigenvalue weighted by molar-refractivity contribution is -0.120. The largest absolute Gasteiger partial charge is 0.404 e. The molecule has 7 rings (SSSR count). The molecule has 0 amide bonds. The van der Waals surface area contributed by atoms with Crippen LogP contribution in [-0.4, -0.2) is 35.1 Å². The standard InChI is InChI=1S/C55H70O3Si2/c1-41-43(34-33-42-24-23-37-55(10)49(42)35-36-51(55)54(8,9)40-56)38-44(57-59(52(2,3)4,45-25-15-11-16-26-45)46-27-17-12-18-28-46)39-50(41)58-60(53(5,6)7,47-29-19-13-20-30-47)48-31-21-14-22-32-48/h11-22,25-34,40,44,49-51H,1,23-24,35-39H2,2-10H3/b42-33+,43-34+/t44-,49+,50+,51-,55+/m1/s1. The van der Waals surface area contributed by atoms with E-state index in [9.17, 15) is 4.79 Å². The van der Waals surface area contributed by atoms with Crippen molar-refractivity contribution in [1.82, 2.24) is 0 Å². The van der Waals surface area contributed by atoms with Crippen molar-refractivity contribution < 1.29 is 13.6 Å². The summed E-state index contributed by atoms with van der Waals surface area (Å²) in [6.07, 6.45) is 12.9. The van der Waals surface area contributed by atoms with Crippen molar-refractivity contribution in [1.29, 1.82) is 0 Å². The number of fused-ring (bicyclic) bond motifs is 1. The molecule has 0 aliphatic heterocycles. The van der Waals surface area contributed by atoms with Crippen molar-refractivity contribution in [2.24, 2.45) is 22.7 Å². The third-order valence-electron chi connectivity index (χ3n) is 14.9. The Morgan fingerprint density at radius 2 is 1.10 bits per heavy atom. The summed E-state index contributed by atoms with van der Waals surface area (Å²) < 4.78 is 16.0. The summed E-state index contributed by atoms with van der Waals surface area (Å²) in [5.74, 6) is 0.874. The second-order valence-electron chi connectivity index (χ2n) is 21.1. The van der Waals surface area contributed by atoms with E-state index in [-0.39, 0.29) is 33.1 Å². The summed E-state index contributed by atoms with van der Waals surface area (Å²) in [4.78, 5) is 12.4. The van der Waals surface area contributed by atoms with Crippen LogP contribution in [0.25, 0.3) is 0 Å². The zero-order valence-corrected chi connectivity index (χ0v) is 40.0. The van der Waals surface area contributed by atoms with E-state index in [2.05, 4.69) is 196 Å². The molecule has 3 saturated carbocycles. The summed E-state index contributed by atoms with van der Waals surface area (Å²) in [7, 11) is -5.85. The number of hydrogen-bond acceptors (Lipinski definition) is 3. The normalized spacial score (nSPS) is 25.6. The van der Waals surface area contributed by atoms with Crippen molar-refractivity contribution in [3.63, 3.8) is 0 Å². The Labute approximate surface area is 364 Å². The molecule has 4 aromatic rings. The first kappa shape index (κ1) is 44.2. The van der Waals surface area contributed by atoms with Crippen LogP contribution in [-0.2, 0) is 13.6 Å². The predicted octanol–water partition coefficient (Wildman–Crippen LogP) is 11.5. The fourth-order valence-electron chi connectivity index (χ4n) is 12.0. The molecule has 0 aromatic heterocycles. The highest BCUT2D eigenvalue weighted by atomic mass is 28.4. The first-order valence-electron chi connectivity index (χ1n) is 22.6. The van der Waals surface area contributed by atoms with Crippen LogP contribution < -0.4 is 20.7 Å². The van der Waals surface area contributed by atoms with E-state index in [1.54, 1.807) is 0 Å². The van der Waals surface area contributed by atoms with E-state index >= 15 is 0 Å². The monoisotopic (exact) mass is 834 g/mol. The van der Waals surface area contributed by atoms with Crippen LogP contribution in [0.2, 0.25) is 10.1 Å². The zero-order valence-electron chi connectivity index (χ0n) is 38.0. The van der Waals surface area contributed by atoms with E-state index in [4.69, 9.17) is 15.4 Å². The van der Waals surface area contributed by atoms with E-state index in [1.807, 2.05) is 0 Å². The summed E-state index contributed by atoms with van der Waals surface area (Å²) in [6, 6.07) is 44.1. The third-order valence-corrected chi connectivity index (χ3v) is 25.0. The average molecular weight is 835 g/mol. The predicted molar refractivity (Wildman–Crippen MR) is 258 cm³/mol. The van der Waals surface area contributed by atoms with E-state index in [1.165, 1.54) is 44.6 Å². The van der Waals surface area contributed by atoms with Crippen LogP contribution in [0.5, 0.6) is 0 Å². The van der Waals surface area contributed by atoms with Gasteiger partial charge in [0, 0.05) is 11.8 Å². The maximum Gasteiger partial charge on any atom is 0.261 e. The Hall–Kier alpha value is -3.88. The van der Waals surface area contributed by atoms with Crippen LogP contribution in [0.4, 0.5) is 0 Å². The molecule has 3 aliphatic rings. The Morgan fingerprint density at radius 3 is 1.53 bits per heavy atom. The summed E-state index contributed by atoms with van der Waals surface area (Å²) in [6.45, 7) is 25.9. The van der Waals surface area contributed by atoms with Crippen molar-refractivity contribution in [3.8, 4) is 0 Å². The highest BCUT2D eigenvalue weighted by Gasteiger charge is 2.56. The molecule has 4 aromatic carbocycles. The second-order valence-corrected chi connectivity index (χ2v) is 29.6. The smallest absolute Gasteiger partial charge is 0.261 e. The van der Waals surface area contributed by atoms with Crippen molar-refractivity contribution >= 4 is 43.7 Å². The molecule has 60 heavy (non-hydrogen) atoms. The van der Waals surface area contributed by atoms with Gasteiger partial charge >= 0.3 is 0 Å². The van der Waals surface area contributed by atoms with E-state index < -0.39 is 16.6 Å². The fraction of sp³-hybridized carbons (Fsp3) is 0.436. The number of aldehydes is 1. The molecule has 5 atom stereocenters. The van der Waals surface area contributed by atoms with Gasteiger partial charge in [-0.2, -0.15) is 0 Å². The van der Waals surface area contributed by atoms with Gasteiger partial charge in [-0.1, -0.05) is 208 Å². The second kappa shape index (κ2) is 17.1. The van der Waals surface area contributed by atoms with Gasteiger partial charge in [-0.15, -0.1) is 0 Å². The van der Waals surface area contributed by atoms with E-state index in [0.29, 0.717) is 11.8 Å². The SMILES string of the molecule is C=C1/C(=C/C=C2\CCC[C@]3(C)[C@@H](C(C)(C)C=O)CC[C@@H]23)C[C@@H](O[Si](c2ccccc2)(c2ccccc2)C(C)(C)C)C[C@@H]1O[Si](c1ccccc1)(c1ccccc1)C(C)(C)C. The lowest BCUT2D eigenvalue weighted by atomic mass is 9.58. The molecule has 3 nitrogen and oxygen atoms in total. The number of hydrogen-bond donors (Lipinski definition) is 0. The Balaban J connectivity index is 1.37. The van der Waals surface area contributed by atoms with Gasteiger partial charge in [-0.25, -0.2) is 0 Å². The average Bonchev–Trinajstić information content (AvgIpc) is 3.61. The quantitative estimate of drug-likeness (QED) is 0.112. The molecule has 0 saturated heterocycles. The van der Waals surface area contributed by atoms with Crippen LogP contribution in [0.15, 0.2) is 157 Å². The van der Waals surface area contributed by atoms with Gasteiger partial charge in [0.25, 0.3) is 16.6 Å². The van der Waals surface area contributed by atoms with Gasteiger partial charge in [0.15, 0.2) is 0 Å². The van der Waals surface area contributed by atoms with E-state index in [0.717, 1.165) is 44.1 Å². The van der Waals surface area contributed by atoms with Crippen LogP contribution >= 0.6 is 0 Å². The lowest BCUT2D eigenvalue weighted by Gasteiger charge is -2.49. The highest BCUT2D eigenvalue weighted by Crippen LogP contribution is 2.61. The number of benzene rings is 4. The van der Waals surface area contributed by atoms with Gasteiger partial charge < -0.3 is 13.6 Å². The van der Waals surface area contributed by atoms with Crippen LogP contribution in [0, 0.1) is 22.7 Å². The number of rotatable bonds is 11.